The molecule has 0 unspecified atom stereocenters. The van der Waals surface area contributed by atoms with Crippen molar-refractivity contribution in [3.05, 3.63) is 24.3 Å². The maximum atomic E-state index is 11.0. The van der Waals surface area contributed by atoms with Gasteiger partial charge in [0.25, 0.3) is 10.3 Å². The number of thiocarbonyl (C=S) groups is 3. The molecule has 0 saturated carbocycles. The van der Waals surface area contributed by atoms with Gasteiger partial charge >= 0.3 is 18.2 Å². The van der Waals surface area contributed by atoms with Gasteiger partial charge < -0.3 is 76.9 Å². The van der Waals surface area contributed by atoms with Crippen molar-refractivity contribution < 1.29 is 47.7 Å². The van der Waals surface area contributed by atoms with Crippen LogP contribution in [0.4, 0.5) is 14.4 Å². The first-order chi connectivity index (χ1) is 65.3. The van der Waals surface area contributed by atoms with Gasteiger partial charge in [-0.05, 0) is 332 Å². The summed E-state index contributed by atoms with van der Waals surface area (Å²) >= 11 is 15.0. The molecular weight excluding hydrogens is 1830 g/mol. The monoisotopic (exact) mass is 2080 g/mol. The molecule has 20 nitrogen and oxygen atoms in total. The molecule has 0 fully saturated rings. The summed E-state index contributed by atoms with van der Waals surface area (Å²) in [4.78, 5) is 54.9. The summed E-state index contributed by atoms with van der Waals surface area (Å²) < 4.78 is 25.7. The Balaban J connectivity index is -0.000000116. The standard InChI is InChI=1S/2C10H20.C10H18.C9H20N2O.C9H20N2S.2C9H19NO2.2C9H19NOS.2C9H19NO.C9H20.C8H18O/c3*1-9(2)7-5-6-8-10(3)4;2*1-7(2)5-6-10-9(12)11-8(3)4;1-7(2)5-6-12-9(11)10-8(3)4;1-7(2)5-6-10-9(11)12-8(3)4;1-7(2)5-6-11-9(12)10-8(3)4;1-7(2)5-6-10-9(12)11-8(3)4;1-7(2)5-6-10-9(11)8(3)4;1-7(2)5-6-9(11)10-8(3)4;1-8(2)6-5-7-9(3)4;1-7(2)5-6-9-8(3)4/h2*5,7,9-10H,6,8H2,1-4H3;9-10H,5,7H2,1-4H3;2*7-8H,5-6H2,1-4H3,(H2,10,11,12);2*7-8H,5-6H2,1-4H3,(H,10,11);2*7-8H,5-6H2,1-4H3,(H,10,12);2*7-8H,5-6H2,1-4H3,(H,10,11);8-9H,5-7H2,1-4H3;7-8H,5-6H2,1-4H3/b7-5+;7-5-;;;;;;;;;;;. The first-order valence-electron chi connectivity index (χ1n) is 56.2. The summed E-state index contributed by atoms with van der Waals surface area (Å²) in [5.41, 5.74) is 0. The number of ether oxygens (including phenoxy) is 5. The summed E-state index contributed by atoms with van der Waals surface area (Å²) in [6.45, 7) is 116. The zero-order valence-corrected chi connectivity index (χ0v) is 106. The largest absolute Gasteiger partial charge is 0.471 e. The average Bonchev–Trinajstić information content (AvgIpc) is 1.05. The Morgan fingerprint density at radius 1 is 0.289 bits per heavy atom. The van der Waals surface area contributed by atoms with Crippen LogP contribution >= 0.6 is 36.7 Å². The van der Waals surface area contributed by atoms with Crippen LogP contribution in [0.3, 0.4) is 0 Å². The van der Waals surface area contributed by atoms with Crippen molar-refractivity contribution in [2.75, 3.05) is 52.5 Å². The minimum atomic E-state index is -0.314. The maximum Gasteiger partial charge on any atom is 0.407 e. The van der Waals surface area contributed by atoms with Gasteiger partial charge in [0.05, 0.1) is 31.5 Å². The highest BCUT2D eigenvalue weighted by Gasteiger charge is 2.11. The predicted octanol–water partition coefficient (Wildman–Crippen LogP) is 32.7. The van der Waals surface area contributed by atoms with Gasteiger partial charge in [0.1, 0.15) is 0 Å². The molecule has 142 heavy (non-hydrogen) atoms. The molecule has 0 atom stereocenters. The lowest BCUT2D eigenvalue weighted by Gasteiger charge is -2.13. The molecule has 0 aliphatic rings. The summed E-state index contributed by atoms with van der Waals surface area (Å²) in [5.74, 6) is 19.0. The fourth-order valence-corrected chi connectivity index (χ4v) is 10.5. The number of alkyl carbamates (subject to hydrolysis) is 2. The molecule has 0 heterocycles. The Morgan fingerprint density at radius 2 is 0.620 bits per heavy atom. The minimum Gasteiger partial charge on any atom is -0.471 e. The molecule has 0 bridgehead atoms. The van der Waals surface area contributed by atoms with E-state index in [1.807, 2.05) is 96.9 Å². The van der Waals surface area contributed by atoms with Gasteiger partial charge in [-0.15, -0.1) is 11.8 Å². The number of allylic oxidation sites excluding steroid dienone is 4. The molecule has 854 valence electrons. The Bertz CT molecular complexity index is 2530. The maximum absolute atomic E-state index is 11.0. The quantitative estimate of drug-likeness (QED) is 0.0154. The third-order valence-corrected chi connectivity index (χ3v) is 18.7. The lowest BCUT2D eigenvalue weighted by atomic mass is 10.0. The van der Waals surface area contributed by atoms with Crippen LogP contribution in [0.15, 0.2) is 24.3 Å². The average molecular weight is 2080 g/mol. The fraction of sp³-hybridized carbons (Fsp3) is 0.882. The SMILES string of the molecule is CC(C)/C=C/CCC(C)C.CC(C)/C=C\CCC(C)C.CC(C)C#CCCC(C)C.CC(C)CCC(=O)NC(C)C.CC(C)CCCC(C)C.CC(C)CCNC(=O)C(C)C.CC(C)CCNC(=O)NC(C)C.CC(C)CCNC(=O)OC(C)C.CC(C)CCNC(=S)NC(C)C.CC(C)CCNC(=S)OC(C)C.CC(C)CCOC(=O)NC(C)C.CC(C)CCOC(=S)NC(C)C.CC(C)CCOC(C)C. The van der Waals surface area contributed by atoms with Crippen molar-refractivity contribution in [3.63, 3.8) is 0 Å². The van der Waals surface area contributed by atoms with Crippen LogP contribution in [-0.2, 0) is 33.3 Å². The van der Waals surface area contributed by atoms with Gasteiger partial charge in [-0.2, -0.15) is 0 Å². The highest BCUT2D eigenvalue weighted by molar-refractivity contribution is 7.80. The molecule has 0 rings (SSSR count). The summed E-state index contributed by atoms with van der Waals surface area (Å²) in [5, 5.41) is 30.8. The van der Waals surface area contributed by atoms with Crippen molar-refractivity contribution in [1.82, 2.24) is 53.2 Å². The highest BCUT2D eigenvalue weighted by atomic mass is 32.1. The molecule has 23 heteroatoms. The van der Waals surface area contributed by atoms with Gasteiger partial charge in [-0.25, -0.2) is 14.4 Å². The number of carbonyl (C=O) groups is 5. The Kier molecular flexibility index (Phi) is 136. The van der Waals surface area contributed by atoms with Crippen LogP contribution in [0.2, 0.25) is 0 Å². The molecule has 0 aromatic rings. The Morgan fingerprint density at radius 3 is 0.944 bits per heavy atom. The first kappa shape index (κ1) is 165. The summed E-state index contributed by atoms with van der Waals surface area (Å²) in [7, 11) is 0. The van der Waals surface area contributed by atoms with Gasteiger partial charge in [-0.3, -0.25) is 9.59 Å². The van der Waals surface area contributed by atoms with Crippen molar-refractivity contribution in [3.8, 4) is 11.8 Å². The van der Waals surface area contributed by atoms with E-state index >= 15 is 0 Å². The van der Waals surface area contributed by atoms with E-state index < -0.39 is 0 Å². The van der Waals surface area contributed by atoms with Crippen LogP contribution < -0.4 is 53.2 Å². The van der Waals surface area contributed by atoms with Crippen molar-refractivity contribution in [2.24, 2.45) is 107 Å². The van der Waals surface area contributed by atoms with Crippen molar-refractivity contribution >= 4 is 82.1 Å². The van der Waals surface area contributed by atoms with E-state index in [4.69, 9.17) is 60.3 Å². The molecule has 0 aromatic carbocycles. The zero-order chi connectivity index (χ0) is 114. The molecule has 0 saturated heterocycles. The second-order valence-corrected chi connectivity index (χ2v) is 47.8. The number of rotatable bonds is 50. The normalized spacial score (nSPS) is 10.8. The van der Waals surface area contributed by atoms with Crippen LogP contribution in [0.1, 0.15) is 482 Å². The van der Waals surface area contributed by atoms with Crippen LogP contribution in [0, 0.1) is 118 Å². The lowest BCUT2D eigenvalue weighted by molar-refractivity contribution is -0.124. The molecule has 0 aliphatic carbocycles. The van der Waals surface area contributed by atoms with Crippen molar-refractivity contribution in [2.45, 2.75) is 531 Å². The molecule has 10 N–H and O–H groups in total. The van der Waals surface area contributed by atoms with E-state index in [9.17, 15) is 24.0 Å². The van der Waals surface area contributed by atoms with E-state index in [1.165, 1.54) is 64.2 Å². The third kappa shape index (κ3) is 212. The highest BCUT2D eigenvalue weighted by Crippen LogP contribution is 2.13. The fourth-order valence-electron chi connectivity index (χ4n) is 9.55. The summed E-state index contributed by atoms with van der Waals surface area (Å²) in [6, 6.07) is 1.35. The Hall–Kier alpha value is -5.18. The molecule has 0 spiro atoms. The van der Waals surface area contributed by atoms with E-state index in [-0.39, 0.29) is 66.3 Å². The number of hydrogen-bond donors (Lipinski definition) is 10. The molecule has 0 aromatic heterocycles. The predicted molar refractivity (Wildman–Crippen MR) is 642 cm³/mol. The molecule has 0 radical (unpaired) electrons. The van der Waals surface area contributed by atoms with Gasteiger partial charge in [-0.1, -0.05) is 293 Å². The van der Waals surface area contributed by atoms with Gasteiger partial charge in [0, 0.05) is 94.2 Å². The number of carbonyl (C=O) groups excluding carboxylic acids is 5. The van der Waals surface area contributed by atoms with Crippen molar-refractivity contribution in [1.29, 1.82) is 0 Å². The number of urea groups is 1. The van der Waals surface area contributed by atoms with E-state index in [1.54, 1.807) is 0 Å². The van der Waals surface area contributed by atoms with Gasteiger partial charge in [0.15, 0.2) is 5.11 Å². The molecule has 0 aliphatic heterocycles. The Labute approximate surface area is 902 Å². The van der Waals surface area contributed by atoms with Gasteiger partial charge in [0.2, 0.25) is 11.8 Å². The molecular formula is C119H250N10O10S3. The zero-order valence-electron chi connectivity index (χ0n) is 104. The van der Waals surface area contributed by atoms with E-state index in [0.717, 1.165) is 137 Å². The minimum absolute atomic E-state index is 0.0379. The van der Waals surface area contributed by atoms with E-state index in [0.29, 0.717) is 107 Å². The van der Waals surface area contributed by atoms with Crippen LogP contribution in [0.5, 0.6) is 0 Å². The topological polar surface area (TPSA) is 252 Å². The smallest absolute Gasteiger partial charge is 0.407 e. The molecule has 6 amide bonds. The second kappa shape index (κ2) is 118. The number of nitrogens with one attached hydrogen (secondary N) is 10. The number of amides is 6. The number of hydrogen-bond acceptors (Lipinski definition) is 13. The lowest BCUT2D eigenvalue weighted by Crippen LogP contribution is -2.40. The van der Waals surface area contributed by atoms with E-state index in [2.05, 4.69) is 352 Å². The van der Waals surface area contributed by atoms with Crippen LogP contribution in [0.25, 0.3) is 0 Å². The summed E-state index contributed by atoms with van der Waals surface area (Å²) in [6.07, 6.45) is 30.9. The second-order valence-electron chi connectivity index (χ2n) is 46.6. The van der Waals surface area contributed by atoms with Crippen LogP contribution in [-0.4, -0.2) is 147 Å². The first-order valence-corrected chi connectivity index (χ1v) is 57.4. The third-order valence-electron chi connectivity index (χ3n) is 17.9.